The van der Waals surface area contributed by atoms with Gasteiger partial charge in [-0.15, -0.1) is 0 Å². The van der Waals surface area contributed by atoms with Crippen LogP contribution < -0.4 is 4.74 Å². The molecule has 134 valence electrons. The lowest BCUT2D eigenvalue weighted by atomic mass is 9.85. The third-order valence-corrected chi connectivity index (χ3v) is 6.30. The van der Waals surface area contributed by atoms with Crippen molar-refractivity contribution in [1.82, 2.24) is 14.9 Å². The van der Waals surface area contributed by atoms with Gasteiger partial charge in [-0.05, 0) is 48.2 Å². The number of H-pyrrole nitrogens is 2. The number of benzene rings is 1. The van der Waals surface area contributed by atoms with Crippen LogP contribution in [0.25, 0.3) is 10.9 Å². The standard InChI is InChI=1S/C21H17N3O3/c1-27-13-2-3-15-11(6-13)7-16(23-15)20(26)24-10-12-9-21(12)14-4-5-22-19(14)17(25)8-18(21)24/h2-8,12,22-23H,9-10H2,1H3/t12-,21-/m0/s1. The van der Waals surface area contributed by atoms with Gasteiger partial charge in [-0.1, -0.05) is 0 Å². The van der Waals surface area contributed by atoms with Gasteiger partial charge < -0.3 is 19.6 Å². The van der Waals surface area contributed by atoms with E-state index in [1.165, 1.54) is 0 Å². The maximum Gasteiger partial charge on any atom is 0.274 e. The fourth-order valence-electron chi connectivity index (χ4n) is 4.93. The molecule has 0 unspecified atom stereocenters. The number of allylic oxidation sites excluding steroid dienone is 2. The van der Waals surface area contributed by atoms with Crippen LogP contribution in [0.5, 0.6) is 5.75 Å². The Balaban J connectivity index is 1.41. The lowest BCUT2D eigenvalue weighted by Gasteiger charge is -2.27. The number of hydrogen-bond donors (Lipinski definition) is 2. The van der Waals surface area contributed by atoms with Crippen molar-refractivity contribution in [2.24, 2.45) is 5.92 Å². The van der Waals surface area contributed by atoms with Gasteiger partial charge in [0.25, 0.3) is 5.91 Å². The number of ketones is 1. The van der Waals surface area contributed by atoms with E-state index in [0.29, 0.717) is 23.9 Å². The molecule has 0 bridgehead atoms. The molecule has 1 spiro atoms. The summed E-state index contributed by atoms with van der Waals surface area (Å²) in [7, 11) is 1.62. The Morgan fingerprint density at radius 1 is 1.30 bits per heavy atom. The highest BCUT2D eigenvalue weighted by molar-refractivity contribution is 6.09. The third kappa shape index (κ3) is 1.75. The number of nitrogens with one attached hydrogen (secondary N) is 2. The summed E-state index contributed by atoms with van der Waals surface area (Å²) in [5.74, 6) is 0.999. The van der Waals surface area contributed by atoms with Crippen LogP contribution in [0.4, 0.5) is 0 Å². The highest BCUT2D eigenvalue weighted by atomic mass is 16.5. The van der Waals surface area contributed by atoms with Gasteiger partial charge in [-0.3, -0.25) is 9.59 Å². The van der Waals surface area contributed by atoms with Gasteiger partial charge in [-0.25, -0.2) is 0 Å². The molecule has 6 nitrogen and oxygen atoms in total. The van der Waals surface area contributed by atoms with Crippen molar-refractivity contribution in [2.75, 3.05) is 13.7 Å². The van der Waals surface area contributed by atoms with Gasteiger partial charge in [-0.2, -0.15) is 0 Å². The van der Waals surface area contributed by atoms with Crippen LogP contribution in [-0.2, 0) is 5.41 Å². The number of carbonyl (C=O) groups is 2. The molecule has 2 aromatic heterocycles. The highest BCUT2D eigenvalue weighted by Crippen LogP contribution is 2.66. The molecule has 2 atom stereocenters. The summed E-state index contributed by atoms with van der Waals surface area (Å²) in [6, 6.07) is 9.51. The van der Waals surface area contributed by atoms with Crippen LogP contribution in [0, 0.1) is 5.92 Å². The van der Waals surface area contributed by atoms with Gasteiger partial charge in [0.1, 0.15) is 11.4 Å². The predicted octanol–water partition coefficient (Wildman–Crippen LogP) is 3.00. The number of methoxy groups -OCH3 is 1. The van der Waals surface area contributed by atoms with Gasteiger partial charge in [0, 0.05) is 40.8 Å². The normalized spacial score (nSPS) is 25.1. The van der Waals surface area contributed by atoms with Crippen molar-refractivity contribution in [3.05, 3.63) is 65.3 Å². The van der Waals surface area contributed by atoms with Crippen molar-refractivity contribution in [3.63, 3.8) is 0 Å². The van der Waals surface area contributed by atoms with Gasteiger partial charge in [0.05, 0.1) is 12.8 Å². The Labute approximate surface area is 154 Å². The van der Waals surface area contributed by atoms with E-state index in [1.54, 1.807) is 18.1 Å². The molecule has 1 saturated carbocycles. The van der Waals surface area contributed by atoms with Crippen molar-refractivity contribution >= 4 is 22.6 Å². The minimum absolute atomic E-state index is 0.0534. The molecule has 1 aliphatic heterocycles. The number of aromatic nitrogens is 2. The van der Waals surface area contributed by atoms with Crippen LogP contribution in [-0.4, -0.2) is 40.2 Å². The van der Waals surface area contributed by atoms with E-state index in [-0.39, 0.29) is 17.1 Å². The maximum atomic E-state index is 13.2. The molecular formula is C21H17N3O3. The zero-order valence-corrected chi connectivity index (χ0v) is 14.7. The largest absolute Gasteiger partial charge is 0.497 e. The van der Waals surface area contributed by atoms with Gasteiger partial charge in [0.15, 0.2) is 0 Å². The van der Waals surface area contributed by atoms with E-state index in [9.17, 15) is 9.59 Å². The predicted molar refractivity (Wildman–Crippen MR) is 98.9 cm³/mol. The Morgan fingerprint density at radius 3 is 3.04 bits per heavy atom. The van der Waals surface area contributed by atoms with E-state index < -0.39 is 0 Å². The first-order valence-corrected chi connectivity index (χ1v) is 9.05. The summed E-state index contributed by atoms with van der Waals surface area (Å²) in [5.41, 5.74) is 3.84. The molecular weight excluding hydrogens is 342 g/mol. The topological polar surface area (TPSA) is 78.2 Å². The zero-order valence-electron chi connectivity index (χ0n) is 14.7. The molecule has 27 heavy (non-hydrogen) atoms. The fourth-order valence-corrected chi connectivity index (χ4v) is 4.93. The molecule has 1 aromatic carbocycles. The van der Waals surface area contributed by atoms with Crippen molar-refractivity contribution in [2.45, 2.75) is 11.8 Å². The fraction of sp³-hybridized carbons (Fsp3) is 0.238. The lowest BCUT2D eigenvalue weighted by molar-refractivity contribution is 0.0806. The van der Waals surface area contributed by atoms with Crippen LogP contribution in [0.2, 0.25) is 0 Å². The number of rotatable bonds is 2. The number of fused-ring (bicyclic) bond motifs is 2. The average molecular weight is 359 g/mol. The van der Waals surface area contributed by atoms with Crippen LogP contribution in [0.3, 0.4) is 0 Å². The van der Waals surface area contributed by atoms with Crippen molar-refractivity contribution in [3.8, 4) is 5.75 Å². The number of likely N-dealkylation sites (tertiary alicyclic amines) is 1. The summed E-state index contributed by atoms with van der Waals surface area (Å²) in [4.78, 5) is 33.8. The van der Waals surface area contributed by atoms with Crippen LogP contribution in [0.1, 0.15) is 33.0 Å². The lowest BCUT2D eigenvalue weighted by Crippen LogP contribution is -2.33. The smallest absolute Gasteiger partial charge is 0.274 e. The molecule has 2 aliphatic carbocycles. The minimum Gasteiger partial charge on any atom is -0.497 e. The molecule has 3 aromatic rings. The highest BCUT2D eigenvalue weighted by Gasteiger charge is 2.67. The monoisotopic (exact) mass is 359 g/mol. The first-order chi connectivity index (χ1) is 13.1. The van der Waals surface area contributed by atoms with E-state index >= 15 is 0 Å². The second-order valence-corrected chi connectivity index (χ2v) is 7.58. The number of piperidine rings is 1. The molecule has 6 rings (SSSR count). The number of hydrogen-bond acceptors (Lipinski definition) is 3. The second kappa shape index (κ2) is 4.71. The first-order valence-electron chi connectivity index (χ1n) is 9.05. The summed E-state index contributed by atoms with van der Waals surface area (Å²) in [6.45, 7) is 0.654. The van der Waals surface area contributed by atoms with E-state index in [4.69, 9.17) is 4.74 Å². The Kier molecular flexibility index (Phi) is 2.59. The van der Waals surface area contributed by atoms with E-state index in [1.807, 2.05) is 36.5 Å². The average Bonchev–Trinajstić information content (AvgIpc) is 3.06. The van der Waals surface area contributed by atoms with Crippen LogP contribution in [0.15, 0.2) is 48.3 Å². The Bertz CT molecular complexity index is 1180. The quantitative estimate of drug-likeness (QED) is 0.738. The molecule has 2 fully saturated rings. The molecule has 3 heterocycles. The van der Waals surface area contributed by atoms with Crippen molar-refractivity contribution in [1.29, 1.82) is 0 Å². The number of amides is 1. The summed E-state index contributed by atoms with van der Waals surface area (Å²) in [5, 5.41) is 0.929. The second-order valence-electron chi connectivity index (χ2n) is 7.58. The molecule has 1 amide bonds. The summed E-state index contributed by atoms with van der Waals surface area (Å²) >= 11 is 0. The first kappa shape index (κ1) is 14.8. The van der Waals surface area contributed by atoms with E-state index in [2.05, 4.69) is 9.97 Å². The SMILES string of the molecule is COc1ccc2[nH]c(C(=O)N3C[C@@H]4C[C@]45C3=CC(=O)c3[nH]ccc35)cc2c1. The molecule has 6 heteroatoms. The Morgan fingerprint density at radius 2 is 2.19 bits per heavy atom. The van der Waals surface area contributed by atoms with E-state index in [0.717, 1.165) is 34.3 Å². The van der Waals surface area contributed by atoms with Gasteiger partial charge >= 0.3 is 0 Å². The van der Waals surface area contributed by atoms with Gasteiger partial charge in [0.2, 0.25) is 5.78 Å². The number of nitrogens with zero attached hydrogens (tertiary/aromatic N) is 1. The third-order valence-electron chi connectivity index (χ3n) is 6.30. The summed E-state index contributed by atoms with van der Waals surface area (Å²) < 4.78 is 5.26. The molecule has 2 N–H and O–H groups in total. The maximum absolute atomic E-state index is 13.2. The number of carbonyl (C=O) groups excluding carboxylic acids is 2. The Hall–Kier alpha value is -3.28. The summed E-state index contributed by atoms with van der Waals surface area (Å²) in [6.07, 6.45) is 4.47. The molecule has 1 saturated heterocycles. The number of aromatic amines is 2. The van der Waals surface area contributed by atoms with Crippen molar-refractivity contribution < 1.29 is 14.3 Å². The molecule has 3 aliphatic rings. The van der Waals surface area contributed by atoms with Crippen LogP contribution >= 0.6 is 0 Å². The zero-order chi connectivity index (χ0) is 18.3. The minimum atomic E-state index is -0.159. The molecule has 0 radical (unpaired) electrons. The number of ether oxygens (including phenoxy) is 1.